The van der Waals surface area contributed by atoms with Crippen LogP contribution in [0.25, 0.3) is 11.0 Å². The van der Waals surface area contributed by atoms with Gasteiger partial charge in [-0.05, 0) is 0 Å². The second-order valence-corrected chi connectivity index (χ2v) is 5.10. The molecule has 0 amide bonds. The van der Waals surface area contributed by atoms with Gasteiger partial charge in [0, 0.05) is 13.5 Å². The summed E-state index contributed by atoms with van der Waals surface area (Å²) in [5, 5.41) is 24.0. The number of methoxy groups -OCH3 is 1. The fraction of sp³-hybridized carbons (Fsp3) is 0.583. The van der Waals surface area contributed by atoms with E-state index in [4.69, 9.17) is 20.9 Å². The Morgan fingerprint density at radius 1 is 1.41 bits per heavy atom. The molecule has 120 valence electrons. The normalized spacial score (nSPS) is 25.1. The van der Waals surface area contributed by atoms with Crippen LogP contribution in [0.15, 0.2) is 0 Å². The summed E-state index contributed by atoms with van der Waals surface area (Å²) in [6, 6.07) is 0. The Labute approximate surface area is 125 Å². The third kappa shape index (κ3) is 2.35. The lowest BCUT2D eigenvalue weighted by Gasteiger charge is -2.13. The number of aliphatic hydroxyl groups is 2. The summed E-state index contributed by atoms with van der Waals surface area (Å²) in [6.45, 7) is -0.0548. The van der Waals surface area contributed by atoms with Crippen molar-refractivity contribution in [3.8, 4) is 0 Å². The molecule has 6 N–H and O–H groups in total. The number of fused-ring (bicyclic) bond motifs is 1. The second-order valence-electron chi connectivity index (χ2n) is 5.10. The molecule has 3 unspecified atom stereocenters. The number of nitrogens with zero attached hydrogens (tertiary/aromatic N) is 4. The lowest BCUT2D eigenvalue weighted by molar-refractivity contribution is -0.0472. The van der Waals surface area contributed by atoms with Crippen LogP contribution in [0.3, 0.4) is 0 Å². The van der Waals surface area contributed by atoms with Crippen molar-refractivity contribution in [1.29, 1.82) is 0 Å². The first kappa shape index (κ1) is 14.9. The maximum atomic E-state index is 9.88. The van der Waals surface area contributed by atoms with Crippen molar-refractivity contribution in [2.45, 2.75) is 31.5 Å². The Morgan fingerprint density at radius 2 is 2.18 bits per heavy atom. The highest BCUT2D eigenvalue weighted by molar-refractivity contribution is 5.89. The summed E-state index contributed by atoms with van der Waals surface area (Å²) in [7, 11) is 1.54. The van der Waals surface area contributed by atoms with Crippen molar-refractivity contribution >= 4 is 22.8 Å². The Morgan fingerprint density at radius 3 is 2.82 bits per heavy atom. The number of hydrogen-bond acceptors (Lipinski definition) is 9. The summed E-state index contributed by atoms with van der Waals surface area (Å²) < 4.78 is 12.2. The molecule has 0 radical (unpaired) electrons. The Kier molecular flexibility index (Phi) is 3.83. The van der Waals surface area contributed by atoms with Crippen molar-refractivity contribution < 1.29 is 19.7 Å². The van der Waals surface area contributed by atoms with Gasteiger partial charge in [0.05, 0.1) is 24.7 Å². The molecule has 3 rings (SSSR count). The number of nitrogens with two attached hydrogens (primary N) is 2. The number of nitrogen functional groups attached to an aromatic ring is 2. The molecule has 2 aromatic rings. The first-order valence-electron chi connectivity index (χ1n) is 6.78. The smallest absolute Gasteiger partial charge is 0.224 e. The summed E-state index contributed by atoms with van der Waals surface area (Å²) in [4.78, 5) is 8.10. The standard InChI is InChI=1S/C12H18N6O4/c1-21-4-5-9-10(13)15-12(14)16-11(9)18(17-5)8-2-6(20)7(3-19)22-8/h6-8,19-20H,2-4H2,1H3,(H4,13,14,15,16). The van der Waals surface area contributed by atoms with Gasteiger partial charge in [0.2, 0.25) is 5.95 Å². The van der Waals surface area contributed by atoms with Crippen LogP contribution in [-0.4, -0.2) is 55.9 Å². The van der Waals surface area contributed by atoms with E-state index in [9.17, 15) is 10.2 Å². The van der Waals surface area contributed by atoms with E-state index in [2.05, 4.69) is 15.1 Å². The van der Waals surface area contributed by atoms with Crippen molar-refractivity contribution in [2.24, 2.45) is 0 Å². The largest absolute Gasteiger partial charge is 0.394 e. The third-order valence-corrected chi connectivity index (χ3v) is 3.61. The highest BCUT2D eigenvalue weighted by Gasteiger charge is 2.36. The second kappa shape index (κ2) is 5.65. The van der Waals surface area contributed by atoms with Gasteiger partial charge in [0.15, 0.2) is 11.9 Å². The molecule has 0 aliphatic carbocycles. The van der Waals surface area contributed by atoms with Gasteiger partial charge < -0.3 is 31.2 Å². The number of aliphatic hydroxyl groups excluding tert-OH is 2. The van der Waals surface area contributed by atoms with Crippen molar-refractivity contribution in [2.75, 3.05) is 25.2 Å². The van der Waals surface area contributed by atoms with Gasteiger partial charge in [0.1, 0.15) is 17.6 Å². The van der Waals surface area contributed by atoms with E-state index >= 15 is 0 Å². The third-order valence-electron chi connectivity index (χ3n) is 3.61. The molecule has 0 spiro atoms. The van der Waals surface area contributed by atoms with Crippen LogP contribution in [-0.2, 0) is 16.1 Å². The zero-order valence-electron chi connectivity index (χ0n) is 12.0. The number of hydrogen-bond donors (Lipinski definition) is 4. The highest BCUT2D eigenvalue weighted by Crippen LogP contribution is 2.33. The average Bonchev–Trinajstić information content (AvgIpc) is 3.00. The topological polar surface area (TPSA) is 155 Å². The number of anilines is 2. The number of rotatable bonds is 4. The van der Waals surface area contributed by atoms with Crippen LogP contribution in [0, 0.1) is 0 Å². The summed E-state index contributed by atoms with van der Waals surface area (Å²) in [5.74, 6) is 0.227. The molecule has 1 saturated heterocycles. The average molecular weight is 310 g/mol. The molecule has 22 heavy (non-hydrogen) atoms. The van der Waals surface area contributed by atoms with E-state index in [0.717, 1.165) is 0 Å². The molecule has 10 heteroatoms. The van der Waals surface area contributed by atoms with Crippen LogP contribution in [0.2, 0.25) is 0 Å². The first-order chi connectivity index (χ1) is 10.5. The van der Waals surface area contributed by atoms with E-state index in [1.807, 2.05) is 0 Å². The van der Waals surface area contributed by atoms with Crippen LogP contribution in [0.5, 0.6) is 0 Å². The maximum absolute atomic E-state index is 9.88. The lowest BCUT2D eigenvalue weighted by atomic mass is 10.2. The van der Waals surface area contributed by atoms with Crippen LogP contribution in [0.1, 0.15) is 18.3 Å². The molecule has 1 aliphatic rings. The van der Waals surface area contributed by atoms with Gasteiger partial charge in [-0.25, -0.2) is 4.68 Å². The van der Waals surface area contributed by atoms with E-state index in [1.54, 1.807) is 0 Å². The van der Waals surface area contributed by atoms with E-state index in [1.165, 1.54) is 11.8 Å². The molecule has 3 atom stereocenters. The molecule has 0 saturated carbocycles. The molecular weight excluding hydrogens is 292 g/mol. The predicted octanol–water partition coefficient (Wildman–Crippen LogP) is -1.22. The Bertz CT molecular complexity index is 690. The van der Waals surface area contributed by atoms with Crippen molar-refractivity contribution in [1.82, 2.24) is 19.7 Å². The SMILES string of the molecule is COCc1nn(C2CC(O)C(CO)O2)c2nc(N)nc(N)c12. The summed E-state index contributed by atoms with van der Waals surface area (Å²) in [5.41, 5.74) is 12.5. The summed E-state index contributed by atoms with van der Waals surface area (Å²) >= 11 is 0. The summed E-state index contributed by atoms with van der Waals surface area (Å²) in [6.07, 6.45) is -1.74. The molecule has 1 aliphatic heterocycles. The van der Waals surface area contributed by atoms with Crippen LogP contribution < -0.4 is 11.5 Å². The molecule has 10 nitrogen and oxygen atoms in total. The highest BCUT2D eigenvalue weighted by atomic mass is 16.5. The van der Waals surface area contributed by atoms with Gasteiger partial charge >= 0.3 is 0 Å². The monoisotopic (exact) mass is 310 g/mol. The van der Waals surface area contributed by atoms with E-state index in [0.29, 0.717) is 16.7 Å². The molecule has 3 heterocycles. The minimum Gasteiger partial charge on any atom is -0.394 e. The quantitative estimate of drug-likeness (QED) is 0.543. The van der Waals surface area contributed by atoms with E-state index < -0.39 is 18.4 Å². The van der Waals surface area contributed by atoms with Gasteiger partial charge in [-0.2, -0.15) is 15.1 Å². The fourth-order valence-corrected chi connectivity index (χ4v) is 2.62. The molecule has 1 fully saturated rings. The van der Waals surface area contributed by atoms with Gasteiger partial charge in [-0.3, -0.25) is 0 Å². The zero-order valence-corrected chi connectivity index (χ0v) is 12.0. The molecule has 0 aromatic carbocycles. The minimum absolute atomic E-state index is 0.0207. The molecular formula is C12H18N6O4. The predicted molar refractivity (Wildman–Crippen MR) is 76.5 cm³/mol. The van der Waals surface area contributed by atoms with Crippen LogP contribution >= 0.6 is 0 Å². The van der Waals surface area contributed by atoms with Crippen LogP contribution in [0.4, 0.5) is 11.8 Å². The van der Waals surface area contributed by atoms with E-state index in [-0.39, 0.29) is 31.4 Å². The van der Waals surface area contributed by atoms with Gasteiger partial charge in [-0.15, -0.1) is 0 Å². The zero-order chi connectivity index (χ0) is 15.9. The Balaban J connectivity index is 2.10. The Hall–Kier alpha value is -2.01. The molecule has 0 bridgehead atoms. The van der Waals surface area contributed by atoms with Crippen molar-refractivity contribution in [3.63, 3.8) is 0 Å². The van der Waals surface area contributed by atoms with Gasteiger partial charge in [-0.1, -0.05) is 0 Å². The minimum atomic E-state index is -0.781. The first-order valence-corrected chi connectivity index (χ1v) is 6.78. The lowest BCUT2D eigenvalue weighted by Crippen LogP contribution is -2.24. The number of aromatic nitrogens is 4. The fourth-order valence-electron chi connectivity index (χ4n) is 2.62. The van der Waals surface area contributed by atoms with Crippen molar-refractivity contribution in [3.05, 3.63) is 5.69 Å². The number of ether oxygens (including phenoxy) is 2. The maximum Gasteiger partial charge on any atom is 0.224 e. The molecule has 2 aromatic heterocycles. The van der Waals surface area contributed by atoms with Gasteiger partial charge in [0.25, 0.3) is 0 Å².